The fourth-order valence-electron chi connectivity index (χ4n) is 2.03. The molecule has 1 aliphatic rings. The SMILES string of the molecule is CC1CCC(COc2cccnc2)N1C.Cl.Cl. The lowest BCUT2D eigenvalue weighted by Crippen LogP contribution is -2.34. The number of ether oxygens (including phenoxy) is 1. The maximum Gasteiger partial charge on any atom is 0.137 e. The topological polar surface area (TPSA) is 25.4 Å². The summed E-state index contributed by atoms with van der Waals surface area (Å²) < 4.78 is 5.70. The molecule has 5 heteroatoms. The van der Waals surface area contributed by atoms with Gasteiger partial charge in [0, 0.05) is 18.3 Å². The van der Waals surface area contributed by atoms with Crippen molar-refractivity contribution in [2.45, 2.75) is 31.8 Å². The van der Waals surface area contributed by atoms with Gasteiger partial charge in [-0.1, -0.05) is 0 Å². The van der Waals surface area contributed by atoms with Crippen LogP contribution < -0.4 is 4.74 Å². The Balaban J connectivity index is 0.00000128. The summed E-state index contributed by atoms with van der Waals surface area (Å²) in [7, 11) is 2.18. The highest BCUT2D eigenvalue weighted by atomic mass is 35.5. The van der Waals surface area contributed by atoms with E-state index in [1.54, 1.807) is 12.4 Å². The predicted molar refractivity (Wildman–Crippen MR) is 74.5 cm³/mol. The van der Waals surface area contributed by atoms with Crippen LogP contribution in [0.15, 0.2) is 24.5 Å². The van der Waals surface area contributed by atoms with Gasteiger partial charge in [0.1, 0.15) is 12.4 Å². The average molecular weight is 279 g/mol. The van der Waals surface area contributed by atoms with E-state index in [-0.39, 0.29) is 24.8 Å². The van der Waals surface area contributed by atoms with Crippen molar-refractivity contribution in [2.24, 2.45) is 0 Å². The number of pyridine rings is 1. The minimum atomic E-state index is 0. The van der Waals surface area contributed by atoms with Gasteiger partial charge in [-0.15, -0.1) is 24.8 Å². The highest BCUT2D eigenvalue weighted by molar-refractivity contribution is 5.85. The van der Waals surface area contributed by atoms with Crippen LogP contribution in [-0.4, -0.2) is 35.6 Å². The van der Waals surface area contributed by atoms with E-state index in [1.165, 1.54) is 12.8 Å². The first kappa shape index (κ1) is 16.5. The Bertz CT molecular complexity index is 311. The van der Waals surface area contributed by atoms with Crippen molar-refractivity contribution >= 4 is 24.8 Å². The predicted octanol–water partition coefficient (Wildman–Crippen LogP) is 2.79. The zero-order valence-electron chi connectivity index (χ0n) is 10.2. The second-order valence-corrected chi connectivity index (χ2v) is 4.25. The Morgan fingerprint density at radius 3 is 2.71 bits per heavy atom. The average Bonchev–Trinajstić information content (AvgIpc) is 2.59. The van der Waals surface area contributed by atoms with Gasteiger partial charge < -0.3 is 4.74 Å². The van der Waals surface area contributed by atoms with Crippen LogP contribution in [-0.2, 0) is 0 Å². The first-order chi connectivity index (χ1) is 7.27. The number of likely N-dealkylation sites (tertiary alicyclic amines) is 1. The van der Waals surface area contributed by atoms with Gasteiger partial charge in [0.25, 0.3) is 0 Å². The summed E-state index contributed by atoms with van der Waals surface area (Å²) in [6.07, 6.45) is 6.03. The minimum absolute atomic E-state index is 0. The van der Waals surface area contributed by atoms with Gasteiger partial charge in [-0.25, -0.2) is 0 Å². The zero-order valence-corrected chi connectivity index (χ0v) is 11.8. The maximum absolute atomic E-state index is 5.70. The third kappa shape index (κ3) is 4.34. The normalized spacial score (nSPS) is 23.6. The standard InChI is InChI=1S/C12H18N2O.2ClH/c1-10-5-6-11(14(10)2)9-15-12-4-3-7-13-8-12;;/h3-4,7-8,10-11H,5-6,9H2,1-2H3;2*1H. The molecule has 98 valence electrons. The van der Waals surface area contributed by atoms with Gasteiger partial charge in [-0.05, 0) is 38.9 Å². The molecule has 0 amide bonds. The molecular weight excluding hydrogens is 259 g/mol. The van der Waals surface area contributed by atoms with Gasteiger partial charge in [0.15, 0.2) is 0 Å². The third-order valence-electron chi connectivity index (χ3n) is 3.27. The molecule has 0 radical (unpaired) electrons. The Hall–Kier alpha value is -0.510. The van der Waals surface area contributed by atoms with Crippen LogP contribution in [0.1, 0.15) is 19.8 Å². The molecule has 2 atom stereocenters. The van der Waals surface area contributed by atoms with E-state index in [1.807, 2.05) is 12.1 Å². The minimum Gasteiger partial charge on any atom is -0.490 e. The van der Waals surface area contributed by atoms with Crippen LogP contribution >= 0.6 is 24.8 Å². The van der Waals surface area contributed by atoms with Crippen molar-refractivity contribution in [3.05, 3.63) is 24.5 Å². The van der Waals surface area contributed by atoms with Crippen LogP contribution in [0.3, 0.4) is 0 Å². The van der Waals surface area contributed by atoms with Crippen molar-refractivity contribution in [1.29, 1.82) is 0 Å². The van der Waals surface area contributed by atoms with Gasteiger partial charge in [-0.3, -0.25) is 9.88 Å². The Morgan fingerprint density at radius 1 is 1.41 bits per heavy atom. The Morgan fingerprint density at radius 2 is 2.18 bits per heavy atom. The molecule has 0 spiro atoms. The van der Waals surface area contributed by atoms with E-state index in [4.69, 9.17) is 4.74 Å². The number of aromatic nitrogens is 1. The molecule has 2 heterocycles. The summed E-state index contributed by atoms with van der Waals surface area (Å²) in [4.78, 5) is 6.42. The summed E-state index contributed by atoms with van der Waals surface area (Å²) in [5.41, 5.74) is 0. The summed E-state index contributed by atoms with van der Waals surface area (Å²) >= 11 is 0. The highest BCUT2D eigenvalue weighted by Gasteiger charge is 2.27. The molecule has 0 aromatic carbocycles. The highest BCUT2D eigenvalue weighted by Crippen LogP contribution is 2.22. The lowest BCUT2D eigenvalue weighted by atomic mass is 10.2. The van der Waals surface area contributed by atoms with E-state index in [0.717, 1.165) is 12.4 Å². The van der Waals surface area contributed by atoms with E-state index < -0.39 is 0 Å². The maximum atomic E-state index is 5.70. The smallest absolute Gasteiger partial charge is 0.137 e. The summed E-state index contributed by atoms with van der Waals surface area (Å²) in [6.45, 7) is 3.04. The van der Waals surface area contributed by atoms with E-state index in [9.17, 15) is 0 Å². The summed E-state index contributed by atoms with van der Waals surface area (Å²) in [5.74, 6) is 0.866. The molecule has 3 nitrogen and oxygen atoms in total. The lowest BCUT2D eigenvalue weighted by molar-refractivity contribution is 0.174. The number of hydrogen-bond acceptors (Lipinski definition) is 3. The number of nitrogens with zero attached hydrogens (tertiary/aromatic N) is 2. The molecule has 1 aromatic heterocycles. The van der Waals surface area contributed by atoms with Gasteiger partial charge in [0.2, 0.25) is 0 Å². The molecule has 0 aliphatic carbocycles. The van der Waals surface area contributed by atoms with Crippen LogP contribution in [0.5, 0.6) is 5.75 Å². The molecular formula is C12H20Cl2N2O. The first-order valence-electron chi connectivity index (χ1n) is 5.52. The molecule has 2 unspecified atom stereocenters. The van der Waals surface area contributed by atoms with Crippen molar-refractivity contribution in [2.75, 3.05) is 13.7 Å². The Kier molecular flexibility index (Phi) is 7.51. The molecule has 1 aromatic rings. The van der Waals surface area contributed by atoms with Crippen molar-refractivity contribution in [3.8, 4) is 5.75 Å². The number of rotatable bonds is 3. The second-order valence-electron chi connectivity index (χ2n) is 4.25. The molecule has 0 saturated carbocycles. The summed E-state index contributed by atoms with van der Waals surface area (Å²) in [5, 5.41) is 0. The van der Waals surface area contributed by atoms with Crippen LogP contribution in [0, 0.1) is 0 Å². The van der Waals surface area contributed by atoms with Crippen molar-refractivity contribution < 1.29 is 4.74 Å². The van der Waals surface area contributed by atoms with Crippen molar-refractivity contribution in [3.63, 3.8) is 0 Å². The van der Waals surface area contributed by atoms with E-state index in [0.29, 0.717) is 12.1 Å². The fourth-order valence-corrected chi connectivity index (χ4v) is 2.03. The van der Waals surface area contributed by atoms with Gasteiger partial charge in [-0.2, -0.15) is 0 Å². The lowest BCUT2D eigenvalue weighted by Gasteiger charge is -2.23. The van der Waals surface area contributed by atoms with Crippen LogP contribution in [0.25, 0.3) is 0 Å². The van der Waals surface area contributed by atoms with E-state index in [2.05, 4.69) is 23.9 Å². The molecule has 1 saturated heterocycles. The van der Waals surface area contributed by atoms with Crippen LogP contribution in [0.4, 0.5) is 0 Å². The van der Waals surface area contributed by atoms with Crippen LogP contribution in [0.2, 0.25) is 0 Å². The molecule has 0 bridgehead atoms. The van der Waals surface area contributed by atoms with E-state index >= 15 is 0 Å². The molecule has 1 fully saturated rings. The summed E-state index contributed by atoms with van der Waals surface area (Å²) in [6, 6.07) is 5.09. The number of likely N-dealkylation sites (N-methyl/N-ethyl adjacent to an activating group) is 1. The molecule has 0 N–H and O–H groups in total. The quantitative estimate of drug-likeness (QED) is 0.850. The monoisotopic (exact) mass is 278 g/mol. The Labute approximate surface area is 115 Å². The van der Waals surface area contributed by atoms with Gasteiger partial charge in [0.05, 0.1) is 6.20 Å². The van der Waals surface area contributed by atoms with Crippen molar-refractivity contribution in [1.82, 2.24) is 9.88 Å². The number of hydrogen-bond donors (Lipinski definition) is 0. The third-order valence-corrected chi connectivity index (χ3v) is 3.27. The zero-order chi connectivity index (χ0) is 10.7. The molecule has 17 heavy (non-hydrogen) atoms. The largest absolute Gasteiger partial charge is 0.490 e. The second kappa shape index (κ2) is 7.75. The fraction of sp³-hybridized carbons (Fsp3) is 0.583. The molecule has 2 rings (SSSR count). The first-order valence-corrected chi connectivity index (χ1v) is 5.52. The van der Waals surface area contributed by atoms with Gasteiger partial charge >= 0.3 is 0 Å². The number of halogens is 2. The molecule has 1 aliphatic heterocycles.